The normalized spacial score (nSPS) is 11.7. The van der Waals surface area contributed by atoms with E-state index < -0.39 is 18.3 Å². The van der Waals surface area contributed by atoms with Crippen LogP contribution in [0.2, 0.25) is 0 Å². The zero-order valence-corrected chi connectivity index (χ0v) is 15.5. The van der Waals surface area contributed by atoms with Crippen molar-refractivity contribution in [2.45, 2.75) is 59.4 Å². The van der Waals surface area contributed by atoms with Crippen molar-refractivity contribution in [3.8, 4) is 5.75 Å². The molecule has 0 aliphatic heterocycles. The second-order valence-electron chi connectivity index (χ2n) is 6.35. The number of benzene rings is 1. The van der Waals surface area contributed by atoms with Gasteiger partial charge < -0.3 is 14.4 Å². The molecule has 4 nitrogen and oxygen atoms in total. The molecule has 0 unspecified atom stereocenters. The molecule has 1 rings (SSSR count). The number of carbonyl (C=O) groups is 1. The Bertz CT molecular complexity index is 545. The van der Waals surface area contributed by atoms with Gasteiger partial charge in [-0.3, -0.25) is 0 Å². The minimum atomic E-state index is -2.88. The monoisotopic (exact) mass is 393 g/mol. The van der Waals surface area contributed by atoms with E-state index >= 15 is 0 Å². The Labute approximate surface area is 143 Å². The molecule has 0 N–H and O–H groups in total. The molecule has 0 bridgehead atoms. The maximum atomic E-state index is 12.3. The van der Waals surface area contributed by atoms with Crippen molar-refractivity contribution < 1.29 is 23.0 Å². The standard InChI is InChI=1S/C16H22BrF2NO3/c1-10(2)20(15(21)23-16(3,4)5)9-11-6-7-13(12(17)8-11)22-14(18)19/h6-8,10,14H,9H2,1-5H3. The maximum absolute atomic E-state index is 12.3. The quantitative estimate of drug-likeness (QED) is 0.690. The van der Waals surface area contributed by atoms with Crippen LogP contribution in [0.1, 0.15) is 40.2 Å². The summed E-state index contributed by atoms with van der Waals surface area (Å²) in [7, 11) is 0. The van der Waals surface area contributed by atoms with Crippen LogP contribution in [0.5, 0.6) is 5.75 Å². The van der Waals surface area contributed by atoms with E-state index in [-0.39, 0.29) is 11.8 Å². The largest absolute Gasteiger partial charge is 0.444 e. The highest BCUT2D eigenvalue weighted by molar-refractivity contribution is 9.10. The molecule has 0 spiro atoms. The van der Waals surface area contributed by atoms with Crippen molar-refractivity contribution >= 4 is 22.0 Å². The summed E-state index contributed by atoms with van der Waals surface area (Å²) in [5.41, 5.74) is 0.192. The summed E-state index contributed by atoms with van der Waals surface area (Å²) in [4.78, 5) is 13.8. The lowest BCUT2D eigenvalue weighted by Gasteiger charge is -2.30. The summed E-state index contributed by atoms with van der Waals surface area (Å²) in [6, 6.07) is 4.67. The number of alkyl halides is 2. The smallest absolute Gasteiger partial charge is 0.410 e. The Hall–Kier alpha value is -1.37. The van der Waals surface area contributed by atoms with Crippen LogP contribution >= 0.6 is 15.9 Å². The molecule has 0 saturated heterocycles. The van der Waals surface area contributed by atoms with Crippen LogP contribution < -0.4 is 4.74 Å². The van der Waals surface area contributed by atoms with E-state index in [1.54, 1.807) is 37.8 Å². The van der Waals surface area contributed by atoms with Gasteiger partial charge >= 0.3 is 12.7 Å². The van der Waals surface area contributed by atoms with Crippen molar-refractivity contribution in [2.75, 3.05) is 0 Å². The summed E-state index contributed by atoms with van der Waals surface area (Å²) >= 11 is 3.20. The van der Waals surface area contributed by atoms with Crippen LogP contribution in [0, 0.1) is 0 Å². The van der Waals surface area contributed by atoms with E-state index in [0.29, 0.717) is 11.0 Å². The topological polar surface area (TPSA) is 38.8 Å². The number of nitrogens with zero attached hydrogens (tertiary/aromatic N) is 1. The first-order valence-electron chi connectivity index (χ1n) is 7.22. The summed E-state index contributed by atoms with van der Waals surface area (Å²) in [5.74, 6) is 0.0529. The highest BCUT2D eigenvalue weighted by Gasteiger charge is 2.24. The van der Waals surface area contributed by atoms with Crippen LogP contribution in [0.3, 0.4) is 0 Å². The Morgan fingerprint density at radius 2 is 1.91 bits per heavy atom. The molecule has 0 aliphatic rings. The van der Waals surface area contributed by atoms with E-state index in [1.807, 2.05) is 13.8 Å². The average Bonchev–Trinajstić information content (AvgIpc) is 2.35. The predicted molar refractivity (Wildman–Crippen MR) is 87.7 cm³/mol. The molecule has 0 radical (unpaired) electrons. The second-order valence-corrected chi connectivity index (χ2v) is 7.20. The van der Waals surface area contributed by atoms with Crippen molar-refractivity contribution in [2.24, 2.45) is 0 Å². The van der Waals surface area contributed by atoms with Crippen molar-refractivity contribution in [1.82, 2.24) is 4.90 Å². The number of hydrogen-bond donors (Lipinski definition) is 0. The Morgan fingerprint density at radius 3 is 2.35 bits per heavy atom. The molecule has 7 heteroatoms. The van der Waals surface area contributed by atoms with Crippen LogP contribution in [-0.4, -0.2) is 29.2 Å². The lowest BCUT2D eigenvalue weighted by atomic mass is 10.2. The van der Waals surface area contributed by atoms with Gasteiger partial charge in [0.25, 0.3) is 0 Å². The van der Waals surface area contributed by atoms with Gasteiger partial charge in [0.2, 0.25) is 0 Å². The molecular weight excluding hydrogens is 372 g/mol. The lowest BCUT2D eigenvalue weighted by molar-refractivity contribution is -0.0503. The Balaban J connectivity index is 2.89. The Kier molecular flexibility index (Phi) is 6.80. The van der Waals surface area contributed by atoms with Crippen molar-refractivity contribution in [3.63, 3.8) is 0 Å². The van der Waals surface area contributed by atoms with E-state index in [2.05, 4.69) is 20.7 Å². The molecular formula is C16H22BrF2NO3. The summed E-state index contributed by atoms with van der Waals surface area (Å²) in [6.45, 7) is 6.59. The number of amides is 1. The molecule has 23 heavy (non-hydrogen) atoms. The summed E-state index contributed by atoms with van der Waals surface area (Å²) < 4.78 is 34.7. The fourth-order valence-electron chi connectivity index (χ4n) is 1.81. The van der Waals surface area contributed by atoms with E-state index in [0.717, 1.165) is 5.56 Å². The lowest BCUT2D eigenvalue weighted by Crippen LogP contribution is -2.40. The molecule has 0 fully saturated rings. The second kappa shape index (κ2) is 7.95. The number of ether oxygens (including phenoxy) is 2. The predicted octanol–water partition coefficient (Wildman–Crippen LogP) is 5.20. The molecule has 0 heterocycles. The first kappa shape index (κ1) is 19.7. The van der Waals surface area contributed by atoms with Gasteiger partial charge in [-0.05, 0) is 68.2 Å². The molecule has 130 valence electrons. The van der Waals surface area contributed by atoms with Gasteiger partial charge in [-0.25, -0.2) is 4.79 Å². The minimum absolute atomic E-state index is 0.0529. The summed E-state index contributed by atoms with van der Waals surface area (Å²) in [6.07, 6.45) is -0.420. The summed E-state index contributed by atoms with van der Waals surface area (Å²) in [5, 5.41) is 0. The third-order valence-corrected chi connectivity index (χ3v) is 3.44. The number of carbonyl (C=O) groups excluding carboxylic acids is 1. The number of hydrogen-bond acceptors (Lipinski definition) is 3. The van der Waals surface area contributed by atoms with Gasteiger partial charge in [0, 0.05) is 12.6 Å². The molecule has 1 amide bonds. The van der Waals surface area contributed by atoms with Gasteiger partial charge in [-0.15, -0.1) is 0 Å². The van der Waals surface area contributed by atoms with E-state index in [9.17, 15) is 13.6 Å². The molecule has 0 saturated carbocycles. The molecule has 1 aromatic carbocycles. The fraction of sp³-hybridized carbons (Fsp3) is 0.562. The minimum Gasteiger partial charge on any atom is -0.444 e. The molecule has 0 aliphatic carbocycles. The first-order valence-corrected chi connectivity index (χ1v) is 8.01. The van der Waals surface area contributed by atoms with Gasteiger partial charge in [0.15, 0.2) is 0 Å². The van der Waals surface area contributed by atoms with Crippen molar-refractivity contribution in [3.05, 3.63) is 28.2 Å². The number of halogens is 3. The highest BCUT2D eigenvalue weighted by atomic mass is 79.9. The van der Waals surface area contributed by atoms with Gasteiger partial charge in [0.1, 0.15) is 11.4 Å². The van der Waals surface area contributed by atoms with Gasteiger partial charge in [-0.2, -0.15) is 8.78 Å². The molecule has 0 atom stereocenters. The Morgan fingerprint density at radius 1 is 1.30 bits per heavy atom. The van der Waals surface area contributed by atoms with E-state index in [4.69, 9.17) is 4.74 Å². The van der Waals surface area contributed by atoms with Crippen LogP contribution in [0.25, 0.3) is 0 Å². The first-order chi connectivity index (χ1) is 10.5. The maximum Gasteiger partial charge on any atom is 0.410 e. The average molecular weight is 394 g/mol. The molecule has 1 aromatic rings. The van der Waals surface area contributed by atoms with Gasteiger partial charge in [0.05, 0.1) is 4.47 Å². The third kappa shape index (κ3) is 6.72. The molecule has 0 aromatic heterocycles. The van der Waals surface area contributed by atoms with Crippen molar-refractivity contribution in [1.29, 1.82) is 0 Å². The SMILES string of the molecule is CC(C)N(Cc1ccc(OC(F)F)c(Br)c1)C(=O)OC(C)(C)C. The van der Waals surface area contributed by atoms with Crippen LogP contribution in [0.4, 0.5) is 13.6 Å². The highest BCUT2D eigenvalue weighted by Crippen LogP contribution is 2.28. The van der Waals surface area contributed by atoms with Crippen LogP contribution in [-0.2, 0) is 11.3 Å². The fourth-order valence-corrected chi connectivity index (χ4v) is 2.33. The van der Waals surface area contributed by atoms with Crippen LogP contribution in [0.15, 0.2) is 22.7 Å². The number of rotatable bonds is 5. The zero-order valence-electron chi connectivity index (χ0n) is 13.9. The third-order valence-electron chi connectivity index (χ3n) is 2.82. The van der Waals surface area contributed by atoms with E-state index in [1.165, 1.54) is 6.07 Å². The van der Waals surface area contributed by atoms with Gasteiger partial charge in [-0.1, -0.05) is 6.07 Å². The zero-order chi connectivity index (χ0) is 17.8.